The van der Waals surface area contributed by atoms with E-state index >= 15 is 0 Å². The van der Waals surface area contributed by atoms with Crippen LogP contribution in [0, 0.1) is 6.10 Å². The normalized spacial score (nSPS) is 9.33. The van der Waals surface area contributed by atoms with E-state index in [4.69, 9.17) is 0 Å². The second-order valence-corrected chi connectivity index (χ2v) is 1.61. The molecule has 0 atom stereocenters. The predicted octanol–water partition coefficient (Wildman–Crippen LogP) is 1.73. The maximum atomic E-state index is 10.3. The highest BCUT2D eigenvalue weighted by Crippen LogP contribution is 2.05. The zero-order valence-electron chi connectivity index (χ0n) is 5.93. The minimum Gasteiger partial charge on any atom is -0.438 e. The Morgan fingerprint density at radius 2 is 2.11 bits per heavy atom. The molecule has 3 nitrogen and oxygen atoms in total. The first-order valence-corrected chi connectivity index (χ1v) is 2.79. The van der Waals surface area contributed by atoms with Crippen LogP contribution in [0.15, 0.2) is 0 Å². The van der Waals surface area contributed by atoms with Gasteiger partial charge in [0.2, 0.25) is 0 Å². The van der Waals surface area contributed by atoms with Crippen molar-refractivity contribution < 1.29 is 14.3 Å². The quantitative estimate of drug-likeness (QED) is 0.535. The summed E-state index contributed by atoms with van der Waals surface area (Å²) in [5, 5.41) is 0. The van der Waals surface area contributed by atoms with Crippen molar-refractivity contribution in [3.8, 4) is 0 Å². The number of hydrogen-bond acceptors (Lipinski definition) is 3. The average Bonchev–Trinajstić information content (AvgIpc) is 1.87. The van der Waals surface area contributed by atoms with Gasteiger partial charge in [-0.15, -0.1) is 0 Å². The molecule has 0 unspecified atom stereocenters. The van der Waals surface area contributed by atoms with Crippen LogP contribution in [0.5, 0.6) is 0 Å². The van der Waals surface area contributed by atoms with Crippen LogP contribution in [0.1, 0.15) is 20.3 Å². The van der Waals surface area contributed by atoms with E-state index in [0.29, 0.717) is 6.10 Å². The summed E-state index contributed by atoms with van der Waals surface area (Å²) in [6.07, 6.45) is 0.756. The Labute approximate surface area is 55.0 Å². The fraction of sp³-hybridized carbons (Fsp3) is 0.667. The molecule has 9 heavy (non-hydrogen) atoms. The largest absolute Gasteiger partial charge is 0.508 e. The van der Waals surface area contributed by atoms with Gasteiger partial charge in [0.1, 0.15) is 0 Å². The fourth-order valence-corrected chi connectivity index (χ4v) is 0.256. The maximum absolute atomic E-state index is 10.3. The van der Waals surface area contributed by atoms with E-state index in [9.17, 15) is 4.79 Å². The standard InChI is InChI=1S/C6H11O3/c1-4-5(2)9-6(7)8-3/h4H2,1-3H3. The lowest BCUT2D eigenvalue weighted by atomic mass is 10.3. The number of ether oxygens (including phenoxy) is 2. The third-order valence-corrected chi connectivity index (χ3v) is 0.922. The van der Waals surface area contributed by atoms with Crippen molar-refractivity contribution in [1.29, 1.82) is 0 Å². The van der Waals surface area contributed by atoms with Gasteiger partial charge in [-0.25, -0.2) is 4.79 Å². The van der Waals surface area contributed by atoms with Gasteiger partial charge in [0, 0.05) is 0 Å². The van der Waals surface area contributed by atoms with E-state index in [0.717, 1.165) is 6.42 Å². The first-order valence-electron chi connectivity index (χ1n) is 2.79. The fourth-order valence-electron chi connectivity index (χ4n) is 0.256. The summed E-state index contributed by atoms with van der Waals surface area (Å²) < 4.78 is 8.84. The first-order chi connectivity index (χ1) is 4.20. The third-order valence-electron chi connectivity index (χ3n) is 0.922. The molecule has 0 fully saturated rings. The number of carbonyl (C=O) groups is 1. The molecule has 0 saturated heterocycles. The van der Waals surface area contributed by atoms with Crippen molar-refractivity contribution in [2.45, 2.75) is 20.3 Å². The first kappa shape index (κ1) is 8.27. The monoisotopic (exact) mass is 131 g/mol. The smallest absolute Gasteiger partial charge is 0.438 e. The van der Waals surface area contributed by atoms with Crippen molar-refractivity contribution in [2.24, 2.45) is 0 Å². The summed E-state index contributed by atoms with van der Waals surface area (Å²) in [5.41, 5.74) is 0. The molecule has 0 aromatic heterocycles. The minimum absolute atomic E-state index is 0.644. The van der Waals surface area contributed by atoms with Gasteiger partial charge in [0.25, 0.3) is 0 Å². The maximum Gasteiger partial charge on any atom is 0.508 e. The van der Waals surface area contributed by atoms with Crippen LogP contribution in [-0.2, 0) is 9.47 Å². The Morgan fingerprint density at radius 1 is 1.56 bits per heavy atom. The Balaban J connectivity index is 3.34. The summed E-state index contributed by atoms with van der Waals surface area (Å²) in [4.78, 5) is 10.3. The molecule has 0 bridgehead atoms. The molecule has 0 saturated carbocycles. The predicted molar refractivity (Wildman–Crippen MR) is 32.7 cm³/mol. The molecule has 0 aromatic carbocycles. The minimum atomic E-state index is -0.644. The van der Waals surface area contributed by atoms with Gasteiger partial charge >= 0.3 is 6.16 Å². The molecule has 0 amide bonds. The Hall–Kier alpha value is -0.730. The summed E-state index contributed by atoms with van der Waals surface area (Å²) >= 11 is 0. The van der Waals surface area contributed by atoms with Crippen LogP contribution in [0.3, 0.4) is 0 Å². The zero-order valence-corrected chi connectivity index (χ0v) is 5.93. The average molecular weight is 131 g/mol. The lowest BCUT2D eigenvalue weighted by Gasteiger charge is -2.06. The van der Waals surface area contributed by atoms with Gasteiger partial charge in [-0.1, -0.05) is 6.92 Å². The molecule has 0 N–H and O–H groups in total. The number of methoxy groups -OCH3 is 1. The van der Waals surface area contributed by atoms with Crippen LogP contribution in [0.4, 0.5) is 4.79 Å². The van der Waals surface area contributed by atoms with Crippen LogP contribution >= 0.6 is 0 Å². The van der Waals surface area contributed by atoms with Crippen LogP contribution < -0.4 is 0 Å². The van der Waals surface area contributed by atoms with Gasteiger partial charge in [-0.3, -0.25) is 0 Å². The Bertz CT molecular complexity index is 90.3. The molecule has 0 aromatic rings. The van der Waals surface area contributed by atoms with Crippen LogP contribution in [-0.4, -0.2) is 13.3 Å². The summed E-state index contributed by atoms with van der Waals surface area (Å²) in [6, 6.07) is 0. The van der Waals surface area contributed by atoms with E-state index < -0.39 is 6.16 Å². The van der Waals surface area contributed by atoms with Gasteiger partial charge < -0.3 is 9.47 Å². The molecule has 0 spiro atoms. The van der Waals surface area contributed by atoms with E-state index in [2.05, 4.69) is 9.47 Å². The second kappa shape index (κ2) is 4.18. The Kier molecular flexibility index (Phi) is 3.84. The molecular formula is C6H11O3. The van der Waals surface area contributed by atoms with E-state index in [-0.39, 0.29) is 0 Å². The van der Waals surface area contributed by atoms with Gasteiger partial charge in [-0.05, 0) is 13.3 Å². The summed E-state index contributed by atoms with van der Waals surface area (Å²) in [7, 11) is 1.28. The van der Waals surface area contributed by atoms with Crippen molar-refractivity contribution in [1.82, 2.24) is 0 Å². The van der Waals surface area contributed by atoms with E-state index in [1.54, 1.807) is 6.92 Å². The lowest BCUT2D eigenvalue weighted by molar-refractivity contribution is 0.0769. The molecule has 0 aliphatic heterocycles. The molecular weight excluding hydrogens is 120 g/mol. The van der Waals surface area contributed by atoms with Gasteiger partial charge in [0.15, 0.2) is 6.10 Å². The van der Waals surface area contributed by atoms with Crippen molar-refractivity contribution >= 4 is 6.16 Å². The number of rotatable bonds is 2. The summed E-state index contributed by atoms with van der Waals surface area (Å²) in [5.74, 6) is 0. The Morgan fingerprint density at radius 3 is 2.44 bits per heavy atom. The van der Waals surface area contributed by atoms with Crippen molar-refractivity contribution in [3.63, 3.8) is 0 Å². The summed E-state index contributed by atoms with van der Waals surface area (Å²) in [6.45, 7) is 3.63. The van der Waals surface area contributed by atoms with Crippen LogP contribution in [0.25, 0.3) is 0 Å². The molecule has 1 radical (unpaired) electrons. The lowest BCUT2D eigenvalue weighted by Crippen LogP contribution is -2.06. The van der Waals surface area contributed by atoms with Gasteiger partial charge in [0.05, 0.1) is 7.11 Å². The molecule has 0 aliphatic carbocycles. The van der Waals surface area contributed by atoms with Crippen molar-refractivity contribution in [3.05, 3.63) is 6.10 Å². The molecule has 53 valence electrons. The topological polar surface area (TPSA) is 35.5 Å². The van der Waals surface area contributed by atoms with E-state index in [1.807, 2.05) is 6.92 Å². The second-order valence-electron chi connectivity index (χ2n) is 1.61. The third kappa shape index (κ3) is 3.82. The van der Waals surface area contributed by atoms with Crippen molar-refractivity contribution in [2.75, 3.05) is 7.11 Å². The molecule has 0 aliphatic rings. The van der Waals surface area contributed by atoms with Gasteiger partial charge in [-0.2, -0.15) is 0 Å². The number of hydrogen-bond donors (Lipinski definition) is 0. The highest BCUT2D eigenvalue weighted by atomic mass is 16.7. The van der Waals surface area contributed by atoms with Crippen LogP contribution in [0.2, 0.25) is 0 Å². The highest BCUT2D eigenvalue weighted by Gasteiger charge is 2.06. The molecule has 3 heteroatoms. The van der Waals surface area contributed by atoms with E-state index in [1.165, 1.54) is 7.11 Å². The molecule has 0 heterocycles. The number of carbonyl (C=O) groups excluding carboxylic acids is 1. The molecule has 0 rings (SSSR count). The SMILES string of the molecule is CC[C](C)OC(=O)OC. The zero-order chi connectivity index (χ0) is 7.28. The highest BCUT2D eigenvalue weighted by molar-refractivity contribution is 5.60.